The summed E-state index contributed by atoms with van der Waals surface area (Å²) in [6, 6.07) is 27.8. The van der Waals surface area contributed by atoms with Crippen LogP contribution in [0.25, 0.3) is 0 Å². The van der Waals surface area contributed by atoms with Gasteiger partial charge in [-0.05, 0) is 61.7 Å². The minimum atomic E-state index is -1.66. The second-order valence-electron chi connectivity index (χ2n) is 9.33. The van der Waals surface area contributed by atoms with Crippen LogP contribution >= 0.6 is 0 Å². The first-order chi connectivity index (χ1) is 18.4. The number of carbonyl (C=O) groups is 2. The van der Waals surface area contributed by atoms with Crippen molar-refractivity contribution in [1.82, 2.24) is 5.32 Å². The molecule has 0 unspecified atom stereocenters. The number of nitrogens with one attached hydrogen (secondary N) is 1. The number of halogens is 1. The van der Waals surface area contributed by atoms with Crippen molar-refractivity contribution >= 4 is 28.3 Å². The molecule has 5 nitrogen and oxygen atoms in total. The summed E-state index contributed by atoms with van der Waals surface area (Å²) in [5.74, 6) is -1.13. The third-order valence-corrected chi connectivity index (χ3v) is 8.15. The zero-order chi connectivity index (χ0) is 26.6. The number of fused-ring (bicyclic) bond motifs is 2. The smallest absolute Gasteiger partial charge is 0.259 e. The molecular formula is C31H27FN2O3S. The molecule has 0 fully saturated rings. The Hall–Kier alpha value is -4.10. The molecule has 1 aliphatic heterocycles. The Kier molecular flexibility index (Phi) is 7.47. The van der Waals surface area contributed by atoms with Crippen molar-refractivity contribution < 1.29 is 18.2 Å². The van der Waals surface area contributed by atoms with E-state index in [1.165, 1.54) is 16.5 Å². The molecule has 2 atom stereocenters. The van der Waals surface area contributed by atoms with Crippen molar-refractivity contribution in [3.05, 3.63) is 125 Å². The lowest BCUT2D eigenvalue weighted by Crippen LogP contribution is -2.34. The van der Waals surface area contributed by atoms with Crippen LogP contribution in [0.15, 0.2) is 107 Å². The molecule has 0 spiro atoms. The molecule has 4 aromatic carbocycles. The molecule has 0 radical (unpaired) electrons. The van der Waals surface area contributed by atoms with Gasteiger partial charge in [-0.2, -0.15) is 0 Å². The highest BCUT2D eigenvalue weighted by atomic mass is 32.2. The predicted molar refractivity (Wildman–Crippen MR) is 146 cm³/mol. The van der Waals surface area contributed by atoms with Gasteiger partial charge in [-0.3, -0.25) is 9.59 Å². The number of rotatable bonds is 7. The monoisotopic (exact) mass is 526 g/mol. The summed E-state index contributed by atoms with van der Waals surface area (Å²) in [5.41, 5.74) is 2.48. The van der Waals surface area contributed by atoms with Crippen LogP contribution in [-0.2, 0) is 23.8 Å². The Morgan fingerprint density at radius 1 is 0.921 bits per heavy atom. The minimum absolute atomic E-state index is 0.0669. The van der Waals surface area contributed by atoms with E-state index in [0.717, 1.165) is 12.8 Å². The highest BCUT2D eigenvalue weighted by molar-refractivity contribution is 7.85. The van der Waals surface area contributed by atoms with Crippen LogP contribution in [0, 0.1) is 5.82 Å². The lowest BCUT2D eigenvalue weighted by molar-refractivity contribution is 0.0935. The Balaban J connectivity index is 1.46. The fourth-order valence-corrected chi connectivity index (χ4v) is 5.91. The predicted octanol–water partition coefficient (Wildman–Crippen LogP) is 5.90. The summed E-state index contributed by atoms with van der Waals surface area (Å²) < 4.78 is 28.2. The third kappa shape index (κ3) is 5.29. The van der Waals surface area contributed by atoms with Crippen LogP contribution in [0.3, 0.4) is 0 Å². The van der Waals surface area contributed by atoms with Gasteiger partial charge in [0.25, 0.3) is 11.8 Å². The molecule has 0 aromatic heterocycles. The van der Waals surface area contributed by atoms with E-state index in [1.54, 1.807) is 60.7 Å². The van der Waals surface area contributed by atoms with Gasteiger partial charge in [0.05, 0.1) is 38.4 Å². The summed E-state index contributed by atoms with van der Waals surface area (Å²) in [5, 5.41) is 3.02. The molecular weight excluding hydrogens is 499 g/mol. The number of amides is 2. The molecule has 0 saturated carbocycles. The van der Waals surface area contributed by atoms with Crippen LogP contribution in [0.2, 0.25) is 0 Å². The Bertz CT molecular complexity index is 1520. The van der Waals surface area contributed by atoms with Gasteiger partial charge in [-0.15, -0.1) is 0 Å². The maximum Gasteiger partial charge on any atom is 0.259 e. The van der Waals surface area contributed by atoms with Gasteiger partial charge in [0, 0.05) is 17.2 Å². The van der Waals surface area contributed by atoms with Gasteiger partial charge in [-0.25, -0.2) is 8.60 Å². The van der Waals surface area contributed by atoms with Gasteiger partial charge >= 0.3 is 0 Å². The van der Waals surface area contributed by atoms with Gasteiger partial charge in [0.15, 0.2) is 0 Å². The van der Waals surface area contributed by atoms with E-state index in [1.807, 2.05) is 25.1 Å². The minimum Gasteiger partial charge on any atom is -0.350 e. The van der Waals surface area contributed by atoms with Crippen molar-refractivity contribution in [2.75, 3.05) is 4.90 Å². The number of benzene rings is 4. The van der Waals surface area contributed by atoms with E-state index >= 15 is 0 Å². The fraction of sp³-hybridized carbons (Fsp3) is 0.161. The van der Waals surface area contributed by atoms with Crippen molar-refractivity contribution in [1.29, 1.82) is 0 Å². The molecule has 2 amide bonds. The number of hydrogen-bond acceptors (Lipinski definition) is 3. The van der Waals surface area contributed by atoms with Gasteiger partial charge in [0.2, 0.25) is 0 Å². The molecule has 1 heterocycles. The Morgan fingerprint density at radius 3 is 2.42 bits per heavy atom. The summed E-state index contributed by atoms with van der Waals surface area (Å²) in [7, 11) is -1.66. The second-order valence-corrected chi connectivity index (χ2v) is 10.7. The summed E-state index contributed by atoms with van der Waals surface area (Å²) in [4.78, 5) is 29.1. The normalized spacial score (nSPS) is 15.3. The first-order valence-electron chi connectivity index (χ1n) is 12.5. The molecule has 4 aromatic rings. The topological polar surface area (TPSA) is 66.5 Å². The van der Waals surface area contributed by atoms with E-state index in [2.05, 4.69) is 17.4 Å². The molecule has 1 N–H and O–H groups in total. The summed E-state index contributed by atoms with van der Waals surface area (Å²) >= 11 is 0. The van der Waals surface area contributed by atoms with E-state index in [9.17, 15) is 18.2 Å². The van der Waals surface area contributed by atoms with Gasteiger partial charge in [0.1, 0.15) is 5.82 Å². The lowest BCUT2D eigenvalue weighted by Gasteiger charge is -2.24. The van der Waals surface area contributed by atoms with Crippen molar-refractivity contribution in [2.45, 2.75) is 42.1 Å². The number of aryl methyl sites for hydroxylation is 1. The first-order valence-corrected chi connectivity index (χ1v) is 13.6. The van der Waals surface area contributed by atoms with Crippen LogP contribution < -0.4 is 10.2 Å². The van der Waals surface area contributed by atoms with E-state index < -0.39 is 22.5 Å². The third-order valence-electron chi connectivity index (χ3n) is 6.65. The molecule has 0 saturated heterocycles. The Morgan fingerprint density at radius 2 is 1.63 bits per heavy atom. The summed E-state index contributed by atoms with van der Waals surface area (Å²) in [6.45, 7) is 1.88. The highest BCUT2D eigenvalue weighted by Gasteiger charge is 2.32. The highest BCUT2D eigenvalue weighted by Crippen LogP contribution is 2.36. The number of carbonyl (C=O) groups excluding carboxylic acids is 2. The molecule has 7 heteroatoms. The SMILES string of the molecule is C[C@@H](CCc1ccccc1)NC(=O)c1ccc2c(c1)N(Cc1ccccc1F)C(=O)c1ccccc1[S@]2=O. The molecule has 192 valence electrons. The Labute approximate surface area is 223 Å². The maximum atomic E-state index is 14.6. The second kappa shape index (κ2) is 11.1. The number of nitrogens with zero attached hydrogens (tertiary/aromatic N) is 1. The molecule has 5 rings (SSSR count). The molecule has 1 aliphatic rings. The standard InChI is InChI=1S/C31H27FN2O3S/c1-21(15-16-22-9-3-2-4-10-22)33-30(35)23-17-18-29-27(19-23)34(20-24-11-5-7-13-26(24)32)31(36)25-12-6-8-14-28(25)38(29)37/h2-14,17-19,21H,15-16,20H2,1H3,(H,33,35)/t21-,38+/m0/s1. The molecule has 0 bridgehead atoms. The first kappa shape index (κ1) is 25.5. The van der Waals surface area contributed by atoms with E-state index in [0.29, 0.717) is 32.2 Å². The van der Waals surface area contributed by atoms with Crippen LogP contribution in [0.4, 0.5) is 10.1 Å². The molecule has 38 heavy (non-hydrogen) atoms. The maximum absolute atomic E-state index is 14.6. The zero-order valence-electron chi connectivity index (χ0n) is 20.9. The van der Waals surface area contributed by atoms with Gasteiger partial charge < -0.3 is 10.2 Å². The number of hydrogen-bond donors (Lipinski definition) is 1. The summed E-state index contributed by atoms with van der Waals surface area (Å²) in [6.07, 6.45) is 1.59. The zero-order valence-corrected chi connectivity index (χ0v) is 21.7. The largest absolute Gasteiger partial charge is 0.350 e. The average Bonchev–Trinajstić information content (AvgIpc) is 3.03. The lowest BCUT2D eigenvalue weighted by atomic mass is 10.1. The van der Waals surface area contributed by atoms with Gasteiger partial charge in [-0.1, -0.05) is 60.7 Å². The quantitative estimate of drug-likeness (QED) is 0.326. The van der Waals surface area contributed by atoms with Crippen LogP contribution in [0.1, 0.15) is 45.2 Å². The van der Waals surface area contributed by atoms with Crippen LogP contribution in [-0.4, -0.2) is 22.1 Å². The van der Waals surface area contributed by atoms with Crippen molar-refractivity contribution in [3.63, 3.8) is 0 Å². The fourth-order valence-electron chi connectivity index (χ4n) is 4.57. The van der Waals surface area contributed by atoms with Crippen LogP contribution in [0.5, 0.6) is 0 Å². The number of anilines is 1. The van der Waals surface area contributed by atoms with Crippen molar-refractivity contribution in [3.8, 4) is 0 Å². The molecule has 0 aliphatic carbocycles. The van der Waals surface area contributed by atoms with E-state index in [4.69, 9.17) is 0 Å². The van der Waals surface area contributed by atoms with Crippen molar-refractivity contribution in [2.24, 2.45) is 0 Å². The van der Waals surface area contributed by atoms with E-state index in [-0.39, 0.29) is 18.5 Å². The average molecular weight is 527 g/mol.